The molecule has 0 aliphatic heterocycles. The van der Waals surface area contributed by atoms with Gasteiger partial charge in [0.1, 0.15) is 0 Å². The Hall–Kier alpha value is -1.41. The van der Waals surface area contributed by atoms with Gasteiger partial charge >= 0.3 is 0 Å². The molecule has 1 unspecified atom stereocenters. The van der Waals surface area contributed by atoms with Crippen molar-refractivity contribution in [1.82, 2.24) is 4.72 Å². The lowest BCUT2D eigenvalue weighted by molar-refractivity contribution is 0.565. The van der Waals surface area contributed by atoms with Gasteiger partial charge in [-0.2, -0.15) is 0 Å². The summed E-state index contributed by atoms with van der Waals surface area (Å²) in [5.74, 6) is -0.157. The molecule has 8 heteroatoms. The van der Waals surface area contributed by atoms with Crippen molar-refractivity contribution >= 4 is 31.5 Å². The molecule has 130 valence electrons. The molecule has 5 nitrogen and oxygen atoms in total. The van der Waals surface area contributed by atoms with E-state index in [2.05, 4.69) is 4.72 Å². The van der Waals surface area contributed by atoms with Crippen LogP contribution < -0.4 is 4.72 Å². The van der Waals surface area contributed by atoms with Crippen LogP contribution >= 0.6 is 11.6 Å². The van der Waals surface area contributed by atoms with Gasteiger partial charge in [0, 0.05) is 17.3 Å². The van der Waals surface area contributed by atoms with E-state index in [1.165, 1.54) is 12.1 Å². The topological polar surface area (TPSA) is 80.3 Å². The molecular weight excluding hydrogens is 370 g/mol. The Labute approximate surface area is 147 Å². The van der Waals surface area contributed by atoms with Crippen LogP contribution in [0.15, 0.2) is 53.4 Å². The molecule has 0 heterocycles. The zero-order chi connectivity index (χ0) is 18.0. The van der Waals surface area contributed by atoms with Gasteiger partial charge in [-0.05, 0) is 42.3 Å². The van der Waals surface area contributed by atoms with E-state index in [0.717, 1.165) is 6.26 Å². The molecule has 0 bridgehead atoms. The molecule has 24 heavy (non-hydrogen) atoms. The highest BCUT2D eigenvalue weighted by Gasteiger charge is 2.17. The Morgan fingerprint density at radius 2 is 1.50 bits per heavy atom. The summed E-state index contributed by atoms with van der Waals surface area (Å²) in [7, 11) is -6.82. The third-order valence-electron chi connectivity index (χ3n) is 3.43. The Bertz CT molecular complexity index is 906. The van der Waals surface area contributed by atoms with E-state index in [-0.39, 0.29) is 10.6 Å². The van der Waals surface area contributed by atoms with Crippen LogP contribution in [0.3, 0.4) is 0 Å². The highest BCUT2D eigenvalue weighted by molar-refractivity contribution is 7.90. The molecule has 0 aliphatic rings. The standard InChI is InChI=1S/C16H18ClNO4S2/c1-12(14-5-9-16(10-6-14)23(2,19)20)18-24(21,22)11-13-3-7-15(17)8-4-13/h3-10,12,18H,11H2,1-2H3. The quantitative estimate of drug-likeness (QED) is 0.826. The van der Waals surface area contributed by atoms with Crippen molar-refractivity contribution in [3.8, 4) is 0 Å². The molecule has 0 saturated heterocycles. The Kier molecular flexibility index (Phi) is 5.70. The summed E-state index contributed by atoms with van der Waals surface area (Å²) in [6, 6.07) is 12.3. The van der Waals surface area contributed by atoms with E-state index in [4.69, 9.17) is 11.6 Å². The van der Waals surface area contributed by atoms with Crippen LogP contribution in [0.25, 0.3) is 0 Å². The Morgan fingerprint density at radius 1 is 0.958 bits per heavy atom. The first-order chi connectivity index (χ1) is 11.1. The predicted octanol–water partition coefficient (Wildman–Crippen LogP) is 2.92. The van der Waals surface area contributed by atoms with Crippen molar-refractivity contribution in [2.45, 2.75) is 23.6 Å². The minimum atomic E-state index is -3.54. The number of hydrogen-bond acceptors (Lipinski definition) is 4. The number of benzene rings is 2. The molecule has 0 aromatic heterocycles. The van der Waals surface area contributed by atoms with Crippen molar-refractivity contribution in [2.75, 3.05) is 6.26 Å². The molecule has 0 spiro atoms. The van der Waals surface area contributed by atoms with Crippen molar-refractivity contribution in [1.29, 1.82) is 0 Å². The number of sulfone groups is 1. The molecule has 0 saturated carbocycles. The van der Waals surface area contributed by atoms with E-state index in [9.17, 15) is 16.8 Å². The number of nitrogens with one attached hydrogen (secondary N) is 1. The molecular formula is C16H18ClNO4S2. The largest absolute Gasteiger partial charge is 0.224 e. The SMILES string of the molecule is CC(NS(=O)(=O)Cc1ccc(Cl)cc1)c1ccc(S(C)(=O)=O)cc1. The molecule has 2 aromatic rings. The first-order valence-corrected chi connectivity index (χ1v) is 11.0. The maximum atomic E-state index is 12.3. The van der Waals surface area contributed by atoms with Crippen LogP contribution in [0.2, 0.25) is 5.02 Å². The van der Waals surface area contributed by atoms with Gasteiger partial charge in [0.25, 0.3) is 0 Å². The monoisotopic (exact) mass is 387 g/mol. The Balaban J connectivity index is 2.10. The smallest absolute Gasteiger partial charge is 0.216 e. The maximum Gasteiger partial charge on any atom is 0.216 e. The number of rotatable bonds is 6. The second kappa shape index (κ2) is 7.23. The van der Waals surface area contributed by atoms with Gasteiger partial charge in [0.2, 0.25) is 10.0 Å². The summed E-state index contributed by atoms with van der Waals surface area (Å²) in [5.41, 5.74) is 1.31. The average molecular weight is 388 g/mol. The summed E-state index contributed by atoms with van der Waals surface area (Å²) >= 11 is 5.78. The average Bonchev–Trinajstić information content (AvgIpc) is 2.48. The molecule has 0 aliphatic carbocycles. The second-order valence-electron chi connectivity index (χ2n) is 5.57. The first kappa shape index (κ1) is 18.9. The molecule has 1 atom stereocenters. The molecule has 0 fully saturated rings. The third-order valence-corrected chi connectivity index (χ3v) is 6.24. The Morgan fingerprint density at radius 3 is 2.00 bits per heavy atom. The van der Waals surface area contributed by atoms with Crippen LogP contribution in [0.1, 0.15) is 24.1 Å². The molecule has 2 aromatic carbocycles. The van der Waals surface area contributed by atoms with Gasteiger partial charge in [-0.1, -0.05) is 35.9 Å². The fraction of sp³-hybridized carbons (Fsp3) is 0.250. The van der Waals surface area contributed by atoms with Crippen LogP contribution in [-0.4, -0.2) is 23.1 Å². The fourth-order valence-electron chi connectivity index (χ4n) is 2.18. The summed E-state index contributed by atoms with van der Waals surface area (Å²) in [4.78, 5) is 0.197. The predicted molar refractivity (Wildman–Crippen MR) is 95.2 cm³/mol. The van der Waals surface area contributed by atoms with Crippen molar-refractivity contribution in [3.05, 3.63) is 64.7 Å². The number of halogens is 1. The van der Waals surface area contributed by atoms with E-state index in [1.54, 1.807) is 43.3 Å². The van der Waals surface area contributed by atoms with Gasteiger partial charge in [0.15, 0.2) is 9.84 Å². The lowest BCUT2D eigenvalue weighted by atomic mass is 10.1. The highest BCUT2D eigenvalue weighted by atomic mass is 35.5. The van der Waals surface area contributed by atoms with Crippen molar-refractivity contribution < 1.29 is 16.8 Å². The van der Waals surface area contributed by atoms with Crippen molar-refractivity contribution in [2.24, 2.45) is 0 Å². The van der Waals surface area contributed by atoms with Gasteiger partial charge in [0.05, 0.1) is 10.6 Å². The van der Waals surface area contributed by atoms with Crippen LogP contribution in [0.4, 0.5) is 0 Å². The van der Waals surface area contributed by atoms with E-state index >= 15 is 0 Å². The molecule has 0 radical (unpaired) electrons. The second-order valence-corrected chi connectivity index (χ2v) is 9.77. The highest BCUT2D eigenvalue weighted by Crippen LogP contribution is 2.18. The van der Waals surface area contributed by atoms with Crippen LogP contribution in [-0.2, 0) is 25.6 Å². The summed E-state index contributed by atoms with van der Waals surface area (Å²) < 4.78 is 50.0. The lowest BCUT2D eigenvalue weighted by Gasteiger charge is -2.15. The first-order valence-electron chi connectivity index (χ1n) is 7.11. The van der Waals surface area contributed by atoms with Gasteiger partial charge < -0.3 is 0 Å². The number of sulfonamides is 1. The normalized spacial score (nSPS) is 13.6. The van der Waals surface area contributed by atoms with Gasteiger partial charge in [-0.3, -0.25) is 0 Å². The minimum Gasteiger partial charge on any atom is -0.224 e. The van der Waals surface area contributed by atoms with E-state index in [0.29, 0.717) is 16.1 Å². The van der Waals surface area contributed by atoms with Gasteiger partial charge in [-0.15, -0.1) is 0 Å². The lowest BCUT2D eigenvalue weighted by Crippen LogP contribution is -2.28. The minimum absolute atomic E-state index is 0.157. The molecule has 1 N–H and O–H groups in total. The number of hydrogen-bond donors (Lipinski definition) is 1. The zero-order valence-corrected chi connectivity index (χ0v) is 15.6. The maximum absolute atomic E-state index is 12.3. The molecule has 2 rings (SSSR count). The molecule has 0 amide bonds. The third kappa shape index (κ3) is 5.31. The van der Waals surface area contributed by atoms with Crippen LogP contribution in [0.5, 0.6) is 0 Å². The van der Waals surface area contributed by atoms with E-state index < -0.39 is 25.9 Å². The fourth-order valence-corrected chi connectivity index (χ4v) is 4.33. The summed E-state index contributed by atoms with van der Waals surface area (Å²) in [5, 5.41) is 0.545. The van der Waals surface area contributed by atoms with Crippen LogP contribution in [0, 0.1) is 0 Å². The zero-order valence-electron chi connectivity index (χ0n) is 13.2. The van der Waals surface area contributed by atoms with E-state index in [1.807, 2.05) is 0 Å². The van der Waals surface area contributed by atoms with Gasteiger partial charge in [-0.25, -0.2) is 21.6 Å². The summed E-state index contributed by atoms with van der Waals surface area (Å²) in [6.07, 6.45) is 1.13. The van der Waals surface area contributed by atoms with Crippen molar-refractivity contribution in [3.63, 3.8) is 0 Å². The summed E-state index contributed by atoms with van der Waals surface area (Å²) in [6.45, 7) is 1.70.